The molecule has 9 rings (SSSR count). The Morgan fingerprint density at radius 1 is 0.619 bits per heavy atom. The summed E-state index contributed by atoms with van der Waals surface area (Å²) in [4.78, 5) is 9.96. The molecule has 0 unspecified atom stereocenters. The third-order valence-corrected chi connectivity index (χ3v) is 11.3. The molecule has 4 nitrogen and oxygen atoms in total. The largest absolute Gasteiger partial charge is 0.507 e. The molecule has 0 radical (unpaired) electrons. The van der Waals surface area contributed by atoms with E-state index in [9.17, 15) is 5.11 Å². The second-order valence-electron chi connectivity index (χ2n) is 17.7. The standard InChI is InChI=1S/C58H52N3O.Pt/c1-37-24-26-39(27-25-37)41-30-31-59-50(36-41)44-33-43(34-45(35-44)57(3,4)5)47-20-15-22-52-55(47)60-56(48-18-12-13-23-53(48)62)61(52)51-29-28-42(32-38(51)2)54-46(40-16-10-9-11-17-40)19-14-21-49(54)58(6,7)8;/h9-32,34-36,62H,1-8H3;/q-1;/i1D3,2D3,24D,25D,26D,27D;. The van der Waals surface area contributed by atoms with Gasteiger partial charge >= 0.3 is 0 Å². The molecule has 0 fully saturated rings. The molecular weight excluding hydrogens is 950 g/mol. The van der Waals surface area contributed by atoms with E-state index < -0.39 is 48.9 Å². The van der Waals surface area contributed by atoms with Gasteiger partial charge < -0.3 is 5.11 Å². The number of fused-ring (bicyclic) bond motifs is 1. The number of imidazole rings is 1. The van der Waals surface area contributed by atoms with Crippen LogP contribution in [0.5, 0.6) is 5.75 Å². The second-order valence-corrected chi connectivity index (χ2v) is 17.7. The molecule has 0 bridgehead atoms. The number of para-hydroxylation sites is 2. The fraction of sp³-hybridized carbons (Fsp3) is 0.172. The molecule has 0 saturated carbocycles. The van der Waals surface area contributed by atoms with Gasteiger partial charge in [0, 0.05) is 41.2 Å². The van der Waals surface area contributed by atoms with Crippen LogP contribution in [-0.2, 0) is 31.9 Å². The van der Waals surface area contributed by atoms with E-state index in [1.165, 1.54) is 6.20 Å². The predicted octanol–water partition coefficient (Wildman–Crippen LogP) is 15.1. The van der Waals surface area contributed by atoms with Crippen molar-refractivity contribution >= 4 is 11.0 Å². The van der Waals surface area contributed by atoms with Crippen LogP contribution in [0.4, 0.5) is 0 Å². The number of phenols is 1. The van der Waals surface area contributed by atoms with Crippen LogP contribution in [0.3, 0.4) is 0 Å². The number of hydrogen-bond acceptors (Lipinski definition) is 3. The van der Waals surface area contributed by atoms with Crippen LogP contribution in [-0.4, -0.2) is 19.6 Å². The van der Waals surface area contributed by atoms with E-state index in [1.54, 1.807) is 42.5 Å². The molecule has 1 N–H and O–H groups in total. The Kier molecular flexibility index (Phi) is 8.77. The second kappa shape index (κ2) is 17.1. The number of benzene rings is 7. The molecule has 0 aliphatic carbocycles. The van der Waals surface area contributed by atoms with Crippen LogP contribution < -0.4 is 0 Å². The number of aromatic nitrogens is 3. The molecule has 2 aromatic heterocycles. The summed E-state index contributed by atoms with van der Waals surface area (Å²) in [6.45, 7) is 7.21. The van der Waals surface area contributed by atoms with E-state index in [2.05, 4.69) is 76.9 Å². The molecule has 9 aromatic rings. The van der Waals surface area contributed by atoms with Crippen molar-refractivity contribution in [2.45, 2.75) is 66.1 Å². The zero-order valence-electron chi connectivity index (χ0n) is 45.9. The number of nitrogens with zero attached hydrogens (tertiary/aromatic N) is 3. The van der Waals surface area contributed by atoms with Crippen molar-refractivity contribution < 1.29 is 39.9 Å². The van der Waals surface area contributed by atoms with Crippen molar-refractivity contribution in [3.05, 3.63) is 192 Å². The molecule has 316 valence electrons. The normalized spacial score (nSPS) is 14.4. The first kappa shape index (κ1) is 32.3. The molecular formula is C58H52N3OPt-. The van der Waals surface area contributed by atoms with Gasteiger partial charge in [0.05, 0.1) is 27.8 Å². The van der Waals surface area contributed by atoms with Crippen LogP contribution in [0.25, 0.3) is 83.9 Å². The number of hydrogen-bond donors (Lipinski definition) is 1. The van der Waals surface area contributed by atoms with Crippen molar-refractivity contribution in [2.24, 2.45) is 0 Å². The van der Waals surface area contributed by atoms with Gasteiger partial charge in [-0.15, -0.1) is 29.3 Å². The minimum absolute atomic E-state index is 0. The first-order chi connectivity index (χ1) is 33.8. The third-order valence-electron chi connectivity index (χ3n) is 11.3. The van der Waals surface area contributed by atoms with Crippen LogP contribution in [0.2, 0.25) is 0 Å². The van der Waals surface area contributed by atoms with Crippen LogP contribution in [0.1, 0.15) is 77.5 Å². The number of pyridine rings is 1. The molecule has 0 spiro atoms. The van der Waals surface area contributed by atoms with Gasteiger partial charge in [-0.2, -0.15) is 0 Å². The van der Waals surface area contributed by atoms with Crippen molar-refractivity contribution in [1.29, 1.82) is 0 Å². The molecule has 63 heavy (non-hydrogen) atoms. The zero-order chi connectivity index (χ0) is 51.8. The van der Waals surface area contributed by atoms with Gasteiger partial charge in [-0.3, -0.25) is 9.55 Å². The number of aryl methyl sites for hydroxylation is 1. The first-order valence-corrected chi connectivity index (χ1v) is 20.6. The number of rotatable bonds is 7. The summed E-state index contributed by atoms with van der Waals surface area (Å²) in [5.74, 6) is 0.276. The molecule has 2 heterocycles. The molecule has 0 aliphatic rings. The predicted molar refractivity (Wildman–Crippen MR) is 259 cm³/mol. The van der Waals surface area contributed by atoms with Crippen LogP contribution >= 0.6 is 0 Å². The Morgan fingerprint density at radius 2 is 1.33 bits per heavy atom. The van der Waals surface area contributed by atoms with Crippen molar-refractivity contribution in [3.8, 4) is 78.6 Å². The van der Waals surface area contributed by atoms with E-state index in [1.807, 2.05) is 71.3 Å². The first-order valence-electron chi connectivity index (χ1n) is 25.6. The van der Waals surface area contributed by atoms with E-state index in [4.69, 9.17) is 18.7 Å². The Balaban J connectivity index is 0.00000711. The van der Waals surface area contributed by atoms with Crippen LogP contribution in [0.15, 0.2) is 164 Å². The Labute approximate surface area is 400 Å². The van der Waals surface area contributed by atoms with Crippen molar-refractivity contribution in [3.63, 3.8) is 0 Å². The number of phenolic OH excluding ortho intramolecular Hbond substituents is 1. The maximum atomic E-state index is 11.5. The topological polar surface area (TPSA) is 50.9 Å². The van der Waals surface area contributed by atoms with E-state index in [0.29, 0.717) is 56.1 Å². The summed E-state index contributed by atoms with van der Waals surface area (Å²) in [5.41, 5.74) is 8.73. The fourth-order valence-electron chi connectivity index (χ4n) is 8.11. The smallest absolute Gasteiger partial charge is 0.148 e. The summed E-state index contributed by atoms with van der Waals surface area (Å²) in [5, 5.41) is 11.5. The molecule has 5 heteroatoms. The molecule has 0 atom stereocenters. The monoisotopic (exact) mass is 1010 g/mol. The molecule has 0 aliphatic heterocycles. The van der Waals surface area contributed by atoms with E-state index in [-0.39, 0.29) is 43.4 Å². The minimum atomic E-state index is -2.85. The molecule has 0 amide bonds. The SMILES string of the molecule is [2H]c1c([2H])c(C([2H])([2H])[2H])c([2H])c([2H])c1-c1ccnc(-c2[c-]c(-c3cccc4c3nc(-c3ccccc3O)n4-c3ccc(-c4c(-c5ccccc5)cccc4C(C)(C)C)cc3C([2H])([2H])[2H])cc(C(C)(C)C)c2)c1.[Pt]. The zero-order valence-corrected chi connectivity index (χ0v) is 38.2. The van der Waals surface area contributed by atoms with Gasteiger partial charge in [-0.05, 0) is 105 Å². The van der Waals surface area contributed by atoms with Gasteiger partial charge in [0.1, 0.15) is 11.6 Å². The summed E-state index contributed by atoms with van der Waals surface area (Å²) in [7, 11) is 0. The fourth-order valence-corrected chi connectivity index (χ4v) is 8.11. The minimum Gasteiger partial charge on any atom is -0.507 e. The summed E-state index contributed by atoms with van der Waals surface area (Å²) < 4.78 is 87.4. The van der Waals surface area contributed by atoms with E-state index in [0.717, 1.165) is 33.4 Å². The van der Waals surface area contributed by atoms with Crippen molar-refractivity contribution in [2.75, 3.05) is 0 Å². The summed E-state index contributed by atoms with van der Waals surface area (Å²) >= 11 is 0. The molecule has 0 saturated heterocycles. The Hall–Kier alpha value is -6.35. The third kappa shape index (κ3) is 8.45. The van der Waals surface area contributed by atoms with Crippen LogP contribution in [0, 0.1) is 19.8 Å². The maximum Gasteiger partial charge on any atom is 0.148 e. The molecule has 7 aromatic carbocycles. The summed E-state index contributed by atoms with van der Waals surface area (Å²) in [6, 6.07) is 42.9. The van der Waals surface area contributed by atoms with Gasteiger partial charge in [0.15, 0.2) is 0 Å². The Morgan fingerprint density at radius 3 is 2.06 bits per heavy atom. The van der Waals surface area contributed by atoms with Gasteiger partial charge in [0.2, 0.25) is 0 Å². The van der Waals surface area contributed by atoms with Gasteiger partial charge in [-0.25, -0.2) is 4.98 Å². The number of aromatic hydroxyl groups is 1. The van der Waals surface area contributed by atoms with E-state index >= 15 is 0 Å². The van der Waals surface area contributed by atoms with Gasteiger partial charge in [0.25, 0.3) is 0 Å². The quantitative estimate of drug-likeness (QED) is 0.162. The van der Waals surface area contributed by atoms with Crippen molar-refractivity contribution in [1.82, 2.24) is 14.5 Å². The average Bonchev–Trinajstić information content (AvgIpc) is 3.72. The van der Waals surface area contributed by atoms with Gasteiger partial charge in [-0.1, -0.05) is 167 Å². The summed E-state index contributed by atoms with van der Waals surface area (Å²) in [6.07, 6.45) is 1.50. The maximum absolute atomic E-state index is 11.5. The Bertz CT molecular complexity index is 3560. The average molecular weight is 1010 g/mol.